The van der Waals surface area contributed by atoms with Crippen molar-refractivity contribution in [2.24, 2.45) is 5.92 Å². The molecule has 0 amide bonds. The van der Waals surface area contributed by atoms with Crippen molar-refractivity contribution in [1.29, 1.82) is 0 Å². The number of rotatable bonds is 4. The van der Waals surface area contributed by atoms with Crippen molar-refractivity contribution in [3.63, 3.8) is 0 Å². The summed E-state index contributed by atoms with van der Waals surface area (Å²) in [5.74, 6) is 0.635. The second-order valence-electron chi connectivity index (χ2n) is 7.77. The molecule has 0 aromatic heterocycles. The predicted molar refractivity (Wildman–Crippen MR) is 76.1 cm³/mol. The molecule has 0 aromatic carbocycles. The first-order chi connectivity index (χ1) is 8.61. The van der Waals surface area contributed by atoms with Crippen LogP contribution in [0.3, 0.4) is 0 Å². The number of nitrogens with zero attached hydrogens (tertiary/aromatic N) is 1. The minimum atomic E-state index is -0.214. The van der Waals surface area contributed by atoms with E-state index < -0.39 is 0 Å². The second kappa shape index (κ2) is 4.69. The minimum Gasteiger partial charge on any atom is -0.364 e. The van der Waals surface area contributed by atoms with Crippen LogP contribution in [-0.2, 0) is 4.74 Å². The van der Waals surface area contributed by atoms with Gasteiger partial charge in [-0.05, 0) is 60.3 Å². The van der Waals surface area contributed by atoms with Crippen molar-refractivity contribution in [3.05, 3.63) is 0 Å². The standard InChI is InChI=1S/C15H30N2O2/c1-13(2)9-12(10-14(3,4)17(13)18)16-15(5,19-6)11-7-8-11/h11-12,16,18H,7-10H2,1-6H3. The minimum absolute atomic E-state index is 0.211. The molecule has 0 radical (unpaired) electrons. The summed E-state index contributed by atoms with van der Waals surface area (Å²) in [6, 6.07) is 0.374. The number of hydrogen-bond donors (Lipinski definition) is 2. The Morgan fingerprint density at radius 1 is 1.16 bits per heavy atom. The summed E-state index contributed by atoms with van der Waals surface area (Å²) < 4.78 is 5.74. The Morgan fingerprint density at radius 2 is 1.63 bits per heavy atom. The average Bonchev–Trinajstić information content (AvgIpc) is 3.08. The highest BCUT2D eigenvalue weighted by Crippen LogP contribution is 2.42. The quantitative estimate of drug-likeness (QED) is 0.771. The first kappa shape index (κ1) is 15.2. The fourth-order valence-corrected chi connectivity index (χ4v) is 3.76. The molecule has 4 heteroatoms. The molecular weight excluding hydrogens is 240 g/mol. The van der Waals surface area contributed by atoms with E-state index in [1.165, 1.54) is 17.9 Å². The lowest BCUT2D eigenvalue weighted by Crippen LogP contribution is -2.65. The van der Waals surface area contributed by atoms with E-state index in [0.29, 0.717) is 12.0 Å². The van der Waals surface area contributed by atoms with Crippen molar-refractivity contribution >= 4 is 0 Å². The van der Waals surface area contributed by atoms with Gasteiger partial charge in [-0.15, -0.1) is 0 Å². The molecule has 0 spiro atoms. The molecule has 2 rings (SSSR count). The maximum Gasteiger partial charge on any atom is 0.119 e. The molecule has 4 nitrogen and oxygen atoms in total. The molecule has 2 N–H and O–H groups in total. The number of hydrogen-bond acceptors (Lipinski definition) is 4. The normalized spacial score (nSPS) is 31.1. The summed E-state index contributed by atoms with van der Waals surface area (Å²) in [7, 11) is 1.79. The van der Waals surface area contributed by atoms with Crippen LogP contribution < -0.4 is 5.32 Å². The van der Waals surface area contributed by atoms with Crippen LogP contribution in [0.1, 0.15) is 60.3 Å². The summed E-state index contributed by atoms with van der Waals surface area (Å²) in [4.78, 5) is 0. The van der Waals surface area contributed by atoms with Crippen LogP contribution in [0, 0.1) is 5.92 Å². The van der Waals surface area contributed by atoms with Gasteiger partial charge in [0.1, 0.15) is 5.72 Å². The fraction of sp³-hybridized carbons (Fsp3) is 1.00. The summed E-state index contributed by atoms with van der Waals surface area (Å²) >= 11 is 0. The molecule has 19 heavy (non-hydrogen) atoms. The molecule has 1 saturated carbocycles. The smallest absolute Gasteiger partial charge is 0.119 e. The Balaban J connectivity index is 2.09. The highest BCUT2D eigenvalue weighted by atomic mass is 16.5. The van der Waals surface area contributed by atoms with E-state index in [0.717, 1.165) is 12.8 Å². The van der Waals surface area contributed by atoms with Gasteiger partial charge in [0.15, 0.2) is 0 Å². The molecule has 1 atom stereocenters. The SMILES string of the molecule is COC(C)(NC1CC(C)(C)N(O)C(C)(C)C1)C1CC1. The molecule has 1 unspecified atom stereocenters. The van der Waals surface area contributed by atoms with Gasteiger partial charge < -0.3 is 9.94 Å². The van der Waals surface area contributed by atoms with Gasteiger partial charge in [0.25, 0.3) is 0 Å². The Bertz CT molecular complexity index is 321. The lowest BCUT2D eigenvalue weighted by atomic mass is 9.78. The molecular formula is C15H30N2O2. The first-order valence-corrected chi connectivity index (χ1v) is 7.43. The van der Waals surface area contributed by atoms with E-state index in [2.05, 4.69) is 39.9 Å². The van der Waals surface area contributed by atoms with E-state index in [4.69, 9.17) is 4.74 Å². The van der Waals surface area contributed by atoms with Crippen LogP contribution in [0.4, 0.5) is 0 Å². The summed E-state index contributed by atoms with van der Waals surface area (Å²) in [6.45, 7) is 10.6. The Labute approximate surface area is 117 Å². The average molecular weight is 270 g/mol. The molecule has 0 bridgehead atoms. The van der Waals surface area contributed by atoms with Crippen LogP contribution in [0.5, 0.6) is 0 Å². The number of methoxy groups -OCH3 is 1. The third-order valence-corrected chi connectivity index (χ3v) is 4.91. The predicted octanol–water partition coefficient (Wildman–Crippen LogP) is 2.76. The number of hydroxylamine groups is 2. The van der Waals surface area contributed by atoms with Gasteiger partial charge in [-0.1, -0.05) is 0 Å². The van der Waals surface area contributed by atoms with Gasteiger partial charge in [0, 0.05) is 30.1 Å². The van der Waals surface area contributed by atoms with Crippen molar-refractivity contribution in [3.8, 4) is 0 Å². The largest absolute Gasteiger partial charge is 0.364 e. The van der Waals surface area contributed by atoms with Gasteiger partial charge in [-0.25, -0.2) is 0 Å². The lowest BCUT2D eigenvalue weighted by Gasteiger charge is -2.53. The Morgan fingerprint density at radius 3 is 2.00 bits per heavy atom. The van der Waals surface area contributed by atoms with Gasteiger partial charge in [-0.3, -0.25) is 5.32 Å². The molecule has 1 aliphatic carbocycles. The van der Waals surface area contributed by atoms with E-state index in [-0.39, 0.29) is 16.8 Å². The van der Waals surface area contributed by atoms with Crippen molar-refractivity contribution in [2.45, 2.75) is 83.1 Å². The maximum atomic E-state index is 10.3. The summed E-state index contributed by atoms with van der Waals surface area (Å²) in [5.41, 5.74) is -0.635. The Kier molecular flexibility index (Phi) is 3.76. The van der Waals surface area contributed by atoms with Crippen molar-refractivity contribution in [1.82, 2.24) is 10.4 Å². The zero-order valence-corrected chi connectivity index (χ0v) is 13.3. The van der Waals surface area contributed by atoms with Crippen LogP contribution >= 0.6 is 0 Å². The molecule has 1 saturated heterocycles. The van der Waals surface area contributed by atoms with E-state index in [9.17, 15) is 5.21 Å². The molecule has 112 valence electrons. The van der Waals surface area contributed by atoms with Crippen LogP contribution in [0.15, 0.2) is 0 Å². The molecule has 2 fully saturated rings. The highest BCUT2D eigenvalue weighted by molar-refractivity contribution is 5.02. The van der Waals surface area contributed by atoms with E-state index in [1.807, 2.05) is 0 Å². The number of piperidine rings is 1. The fourth-order valence-electron chi connectivity index (χ4n) is 3.76. The van der Waals surface area contributed by atoms with Gasteiger partial charge in [0.05, 0.1) is 0 Å². The zero-order chi connectivity index (χ0) is 14.5. The first-order valence-electron chi connectivity index (χ1n) is 7.43. The summed E-state index contributed by atoms with van der Waals surface area (Å²) in [6.07, 6.45) is 4.36. The van der Waals surface area contributed by atoms with E-state index >= 15 is 0 Å². The second-order valence-corrected chi connectivity index (χ2v) is 7.77. The molecule has 1 aliphatic heterocycles. The monoisotopic (exact) mass is 270 g/mol. The zero-order valence-electron chi connectivity index (χ0n) is 13.3. The number of ether oxygens (including phenoxy) is 1. The highest BCUT2D eigenvalue weighted by Gasteiger charge is 2.49. The van der Waals surface area contributed by atoms with Crippen molar-refractivity contribution in [2.75, 3.05) is 7.11 Å². The van der Waals surface area contributed by atoms with E-state index in [1.54, 1.807) is 7.11 Å². The number of nitrogens with one attached hydrogen (secondary N) is 1. The van der Waals surface area contributed by atoms with Gasteiger partial charge in [-0.2, -0.15) is 5.06 Å². The van der Waals surface area contributed by atoms with Gasteiger partial charge >= 0.3 is 0 Å². The molecule has 1 heterocycles. The topological polar surface area (TPSA) is 44.7 Å². The lowest BCUT2D eigenvalue weighted by molar-refractivity contribution is -0.249. The van der Waals surface area contributed by atoms with Crippen molar-refractivity contribution < 1.29 is 9.94 Å². The summed E-state index contributed by atoms with van der Waals surface area (Å²) in [5, 5.41) is 15.6. The Hall–Kier alpha value is -0.160. The van der Waals surface area contributed by atoms with Crippen LogP contribution in [0.25, 0.3) is 0 Å². The van der Waals surface area contributed by atoms with Gasteiger partial charge in [0.2, 0.25) is 0 Å². The molecule has 0 aromatic rings. The third-order valence-electron chi connectivity index (χ3n) is 4.91. The molecule has 2 aliphatic rings. The third kappa shape index (κ3) is 2.97. The maximum absolute atomic E-state index is 10.3. The van der Waals surface area contributed by atoms with Crippen LogP contribution in [0.2, 0.25) is 0 Å². The van der Waals surface area contributed by atoms with Crippen LogP contribution in [-0.4, -0.2) is 40.2 Å².